The van der Waals surface area contributed by atoms with Crippen molar-refractivity contribution < 1.29 is 22.7 Å². The quantitative estimate of drug-likeness (QED) is 0.604. The molecule has 1 aromatic carbocycles. The molecule has 0 aromatic heterocycles. The maximum Gasteiger partial charge on any atom is 0.188 e. The summed E-state index contributed by atoms with van der Waals surface area (Å²) >= 11 is 0. The lowest BCUT2D eigenvalue weighted by molar-refractivity contribution is -0.121. The highest BCUT2D eigenvalue weighted by molar-refractivity contribution is 7.92. The molecule has 1 saturated heterocycles. The van der Waals surface area contributed by atoms with Crippen LogP contribution in [0.25, 0.3) is 0 Å². The van der Waals surface area contributed by atoms with Crippen LogP contribution in [-0.2, 0) is 24.1 Å². The van der Waals surface area contributed by atoms with Gasteiger partial charge in [-0.15, -0.1) is 0 Å². The van der Waals surface area contributed by atoms with Crippen molar-refractivity contribution in [3.63, 3.8) is 0 Å². The van der Waals surface area contributed by atoms with Crippen LogP contribution < -0.4 is 0 Å². The second-order valence-corrected chi connectivity index (χ2v) is 8.16. The number of hydrogen-bond donors (Lipinski definition) is 0. The predicted octanol–water partition coefficient (Wildman–Crippen LogP) is 3.13. The van der Waals surface area contributed by atoms with Crippen LogP contribution in [0.4, 0.5) is 0 Å². The van der Waals surface area contributed by atoms with E-state index in [-0.39, 0.29) is 23.5 Å². The first-order valence-electron chi connectivity index (χ1n) is 8.60. The van der Waals surface area contributed by atoms with E-state index in [4.69, 9.17) is 9.47 Å². The van der Waals surface area contributed by atoms with Crippen LogP contribution in [0, 0.1) is 0 Å². The molecule has 0 N–H and O–H groups in total. The molecule has 1 fully saturated rings. The summed E-state index contributed by atoms with van der Waals surface area (Å²) in [5.74, 6) is -0.242. The third-order valence-electron chi connectivity index (χ3n) is 4.18. The number of Topliss-reactive ketones (excluding diaryl/α,β-unsaturated/α-hetero) is 1. The maximum atomic E-state index is 12.9. The second kappa shape index (κ2) is 9.30. The van der Waals surface area contributed by atoms with Gasteiger partial charge in [0.05, 0.1) is 18.1 Å². The van der Waals surface area contributed by atoms with E-state index in [2.05, 4.69) is 6.92 Å². The van der Waals surface area contributed by atoms with Gasteiger partial charge in [-0.25, -0.2) is 8.42 Å². The average molecular weight is 354 g/mol. The van der Waals surface area contributed by atoms with E-state index in [1.54, 1.807) is 18.2 Å². The summed E-state index contributed by atoms with van der Waals surface area (Å²) in [6.45, 7) is 2.97. The first-order valence-corrected chi connectivity index (χ1v) is 10.1. The predicted molar refractivity (Wildman–Crippen MR) is 91.5 cm³/mol. The monoisotopic (exact) mass is 354 g/mol. The molecule has 5 nitrogen and oxygen atoms in total. The van der Waals surface area contributed by atoms with Gasteiger partial charge in [0.2, 0.25) is 0 Å². The number of rotatable bonds is 10. The van der Waals surface area contributed by atoms with Crippen molar-refractivity contribution in [3.05, 3.63) is 30.3 Å². The molecule has 0 spiro atoms. The molecule has 1 heterocycles. The number of carbonyl (C=O) groups is 1. The highest BCUT2D eigenvalue weighted by Gasteiger charge is 2.36. The zero-order valence-electron chi connectivity index (χ0n) is 14.1. The molecule has 134 valence electrons. The zero-order chi connectivity index (χ0) is 17.4. The van der Waals surface area contributed by atoms with Gasteiger partial charge in [-0.3, -0.25) is 4.79 Å². The summed E-state index contributed by atoms with van der Waals surface area (Å²) in [4.78, 5) is 12.8. The molecular weight excluding hydrogens is 328 g/mol. The molecule has 1 aliphatic heterocycles. The van der Waals surface area contributed by atoms with Crippen LogP contribution >= 0.6 is 0 Å². The van der Waals surface area contributed by atoms with E-state index in [0.29, 0.717) is 13.2 Å². The van der Waals surface area contributed by atoms with Crippen molar-refractivity contribution in [1.82, 2.24) is 0 Å². The second-order valence-electron chi connectivity index (χ2n) is 6.03. The van der Waals surface area contributed by atoms with E-state index >= 15 is 0 Å². The van der Waals surface area contributed by atoms with Gasteiger partial charge in [-0.2, -0.15) is 0 Å². The average Bonchev–Trinajstić information content (AvgIpc) is 3.10. The van der Waals surface area contributed by atoms with Crippen molar-refractivity contribution in [3.8, 4) is 0 Å². The summed E-state index contributed by atoms with van der Waals surface area (Å²) in [5.41, 5.74) is 0. The van der Waals surface area contributed by atoms with Gasteiger partial charge in [0.1, 0.15) is 5.25 Å². The molecule has 1 unspecified atom stereocenters. The lowest BCUT2D eigenvalue weighted by Crippen LogP contribution is -2.34. The van der Waals surface area contributed by atoms with E-state index in [1.807, 2.05) is 0 Å². The lowest BCUT2D eigenvalue weighted by atomic mass is 10.1. The highest BCUT2D eigenvalue weighted by Crippen LogP contribution is 2.24. The van der Waals surface area contributed by atoms with Gasteiger partial charge in [0, 0.05) is 12.8 Å². The number of unbranched alkanes of at least 4 members (excludes halogenated alkanes) is 3. The lowest BCUT2D eigenvalue weighted by Gasteiger charge is -2.19. The Morgan fingerprint density at radius 2 is 1.79 bits per heavy atom. The third kappa shape index (κ3) is 5.13. The Morgan fingerprint density at radius 1 is 1.12 bits per heavy atom. The van der Waals surface area contributed by atoms with Gasteiger partial charge in [0.25, 0.3) is 0 Å². The molecule has 1 aromatic rings. The number of hydrogen-bond acceptors (Lipinski definition) is 5. The largest absolute Gasteiger partial charge is 0.350 e. The standard InChI is InChI=1S/C18H26O5S/c1-2-3-4-8-11-16(19)17(14-18-22-12-13-23-18)24(20,21)15-9-6-5-7-10-15/h5-7,9-10,17-18H,2-4,8,11-14H2,1H3. The minimum Gasteiger partial charge on any atom is -0.350 e. The number of ether oxygens (including phenoxy) is 2. The molecule has 2 rings (SSSR count). The number of benzene rings is 1. The molecule has 0 amide bonds. The van der Waals surface area contributed by atoms with Gasteiger partial charge in [-0.1, -0.05) is 44.4 Å². The minimum atomic E-state index is -3.74. The fraction of sp³-hybridized carbons (Fsp3) is 0.611. The van der Waals surface area contributed by atoms with E-state index in [0.717, 1.165) is 25.7 Å². The Bertz CT molecular complexity index is 606. The molecule has 24 heavy (non-hydrogen) atoms. The van der Waals surface area contributed by atoms with E-state index < -0.39 is 21.4 Å². The number of sulfone groups is 1. The van der Waals surface area contributed by atoms with Crippen LogP contribution in [0.2, 0.25) is 0 Å². The molecule has 1 aliphatic rings. The van der Waals surface area contributed by atoms with Gasteiger partial charge in [0.15, 0.2) is 21.9 Å². The minimum absolute atomic E-state index is 0.0594. The Hall–Kier alpha value is -1.24. The summed E-state index contributed by atoms with van der Waals surface area (Å²) < 4.78 is 36.6. The van der Waals surface area contributed by atoms with Gasteiger partial charge < -0.3 is 9.47 Å². The van der Waals surface area contributed by atoms with Crippen molar-refractivity contribution in [2.24, 2.45) is 0 Å². The Balaban J connectivity index is 2.13. The molecule has 1 atom stereocenters. The number of ketones is 1. The van der Waals surface area contributed by atoms with Gasteiger partial charge in [-0.05, 0) is 18.6 Å². The van der Waals surface area contributed by atoms with Crippen molar-refractivity contribution in [2.75, 3.05) is 13.2 Å². The van der Waals surface area contributed by atoms with Crippen LogP contribution in [-0.4, -0.2) is 39.0 Å². The normalized spacial score (nSPS) is 17.0. The molecule has 0 saturated carbocycles. The van der Waals surface area contributed by atoms with Gasteiger partial charge >= 0.3 is 0 Å². The molecular formula is C18H26O5S. The van der Waals surface area contributed by atoms with Crippen LogP contribution in [0.15, 0.2) is 35.2 Å². The van der Waals surface area contributed by atoms with E-state index in [1.165, 1.54) is 12.1 Å². The van der Waals surface area contributed by atoms with Crippen LogP contribution in [0.1, 0.15) is 45.4 Å². The van der Waals surface area contributed by atoms with E-state index in [9.17, 15) is 13.2 Å². The molecule has 0 aliphatic carbocycles. The summed E-state index contributed by atoms with van der Waals surface area (Å²) in [6, 6.07) is 8.15. The maximum absolute atomic E-state index is 12.9. The van der Waals surface area contributed by atoms with Crippen LogP contribution in [0.5, 0.6) is 0 Å². The SMILES string of the molecule is CCCCCCC(=O)C(CC1OCCO1)S(=O)(=O)c1ccccc1. The number of carbonyl (C=O) groups excluding carboxylic acids is 1. The van der Waals surface area contributed by atoms with Crippen molar-refractivity contribution in [1.29, 1.82) is 0 Å². The molecule has 0 radical (unpaired) electrons. The third-order valence-corrected chi connectivity index (χ3v) is 6.31. The summed E-state index contributed by atoms with van der Waals surface area (Å²) in [7, 11) is -3.74. The summed E-state index contributed by atoms with van der Waals surface area (Å²) in [5, 5.41) is -1.11. The fourth-order valence-corrected chi connectivity index (χ4v) is 4.55. The fourth-order valence-electron chi connectivity index (χ4n) is 2.81. The smallest absolute Gasteiger partial charge is 0.188 e. The molecule has 6 heteroatoms. The highest BCUT2D eigenvalue weighted by atomic mass is 32.2. The Morgan fingerprint density at radius 3 is 2.42 bits per heavy atom. The molecule has 0 bridgehead atoms. The first-order chi connectivity index (χ1) is 11.6. The topological polar surface area (TPSA) is 69.7 Å². The summed E-state index contributed by atoms with van der Waals surface area (Å²) in [6.07, 6.45) is 3.51. The van der Waals surface area contributed by atoms with Crippen molar-refractivity contribution in [2.45, 2.75) is 61.9 Å². The van der Waals surface area contributed by atoms with Crippen LogP contribution in [0.3, 0.4) is 0 Å². The Kier molecular flexibility index (Phi) is 7.40. The Labute approximate surface area is 144 Å². The first kappa shape index (κ1) is 19.1. The van der Waals surface area contributed by atoms with Crippen molar-refractivity contribution >= 4 is 15.6 Å². The zero-order valence-corrected chi connectivity index (χ0v) is 15.0.